The molecule has 1 saturated heterocycles. The Balaban J connectivity index is 1.58. The molecule has 2 aliphatic rings. The van der Waals surface area contributed by atoms with Crippen molar-refractivity contribution in [3.05, 3.63) is 0 Å². The van der Waals surface area contributed by atoms with Crippen LogP contribution in [0.5, 0.6) is 0 Å². The Hall–Kier alpha value is -1.10. The molecule has 0 aromatic heterocycles. The molecule has 1 amide bonds. The number of hydrogen-bond acceptors (Lipinski definition) is 4. The van der Waals surface area contributed by atoms with Crippen molar-refractivity contribution in [1.29, 1.82) is 0 Å². The summed E-state index contributed by atoms with van der Waals surface area (Å²) in [4.78, 5) is 23.9. The third kappa shape index (κ3) is 7.20. The van der Waals surface area contributed by atoms with E-state index in [9.17, 15) is 9.59 Å². The lowest BCUT2D eigenvalue weighted by atomic mass is 9.96. The highest BCUT2D eigenvalue weighted by atomic mass is 16.5. The zero-order valence-electron chi connectivity index (χ0n) is 15.4. The van der Waals surface area contributed by atoms with E-state index in [-0.39, 0.29) is 36.3 Å². The summed E-state index contributed by atoms with van der Waals surface area (Å²) < 4.78 is 5.31. The van der Waals surface area contributed by atoms with Gasteiger partial charge < -0.3 is 15.4 Å². The summed E-state index contributed by atoms with van der Waals surface area (Å²) in [6.07, 6.45) is 10.9. The number of carbonyl (C=O) groups is 2. The highest BCUT2D eigenvalue weighted by Crippen LogP contribution is 2.22. The van der Waals surface area contributed by atoms with Crippen LogP contribution in [0.3, 0.4) is 0 Å². The number of nitrogens with one attached hydrogen (secondary N) is 2. The summed E-state index contributed by atoms with van der Waals surface area (Å²) in [5.41, 5.74) is 0.133. The molecule has 1 atom stereocenters. The molecule has 5 heteroatoms. The van der Waals surface area contributed by atoms with Gasteiger partial charge in [0.05, 0.1) is 6.42 Å². The van der Waals surface area contributed by atoms with Gasteiger partial charge >= 0.3 is 5.97 Å². The second kappa shape index (κ2) is 9.40. The van der Waals surface area contributed by atoms with E-state index in [1.807, 2.05) is 0 Å². The van der Waals surface area contributed by atoms with Crippen LogP contribution in [0.15, 0.2) is 0 Å². The lowest BCUT2D eigenvalue weighted by Crippen LogP contribution is -2.39. The van der Waals surface area contributed by atoms with Crippen LogP contribution in [0.1, 0.15) is 84.5 Å². The number of hydrogen-bond donors (Lipinski definition) is 2. The van der Waals surface area contributed by atoms with E-state index in [0.29, 0.717) is 12.6 Å². The maximum atomic E-state index is 12.0. The van der Waals surface area contributed by atoms with Gasteiger partial charge in [0.15, 0.2) is 0 Å². The average molecular weight is 338 g/mol. The second-order valence-electron chi connectivity index (χ2n) is 8.06. The summed E-state index contributed by atoms with van der Waals surface area (Å²) in [7, 11) is 0. The molecule has 2 fully saturated rings. The number of ether oxygens (including phenoxy) is 1. The van der Waals surface area contributed by atoms with Crippen LogP contribution in [0.4, 0.5) is 0 Å². The molecule has 0 spiro atoms. The Morgan fingerprint density at radius 1 is 1.04 bits per heavy atom. The van der Waals surface area contributed by atoms with Crippen molar-refractivity contribution in [2.24, 2.45) is 0 Å². The van der Waals surface area contributed by atoms with Crippen molar-refractivity contribution in [3.63, 3.8) is 0 Å². The van der Waals surface area contributed by atoms with Crippen LogP contribution in [-0.4, -0.2) is 36.1 Å². The molecule has 0 aromatic rings. The summed E-state index contributed by atoms with van der Waals surface area (Å²) >= 11 is 0. The Morgan fingerprint density at radius 3 is 2.33 bits per heavy atom. The fourth-order valence-electron chi connectivity index (χ4n) is 3.74. The lowest BCUT2D eigenvalue weighted by Gasteiger charge is -2.21. The van der Waals surface area contributed by atoms with Crippen LogP contribution >= 0.6 is 0 Å². The SMILES string of the molecule is CC1(C)CC[C@@H](COC(=O)CCC(=O)NC2CCCCCCC2)N1. The zero-order valence-corrected chi connectivity index (χ0v) is 15.4. The van der Waals surface area contributed by atoms with Gasteiger partial charge in [-0.3, -0.25) is 9.59 Å². The summed E-state index contributed by atoms with van der Waals surface area (Å²) in [5.74, 6) is -0.285. The molecular weight excluding hydrogens is 304 g/mol. The van der Waals surface area contributed by atoms with Crippen molar-refractivity contribution < 1.29 is 14.3 Å². The standard InChI is InChI=1S/C19H34N2O3/c1-19(2)13-12-16(21-19)14-24-18(23)11-10-17(22)20-15-8-6-4-3-5-7-9-15/h15-16,21H,3-14H2,1-2H3,(H,20,22)/t16-/m0/s1. The summed E-state index contributed by atoms with van der Waals surface area (Å²) in [5, 5.41) is 6.55. The monoisotopic (exact) mass is 338 g/mol. The van der Waals surface area contributed by atoms with Gasteiger partial charge in [0.25, 0.3) is 0 Å². The van der Waals surface area contributed by atoms with Crippen molar-refractivity contribution in [1.82, 2.24) is 10.6 Å². The number of amides is 1. The zero-order chi connectivity index (χ0) is 17.4. The number of esters is 1. The quantitative estimate of drug-likeness (QED) is 0.731. The second-order valence-corrected chi connectivity index (χ2v) is 8.06. The Labute approximate surface area is 146 Å². The maximum Gasteiger partial charge on any atom is 0.306 e. The van der Waals surface area contributed by atoms with Crippen LogP contribution in [0, 0.1) is 0 Å². The van der Waals surface area contributed by atoms with Crippen molar-refractivity contribution in [2.75, 3.05) is 6.61 Å². The van der Waals surface area contributed by atoms with Gasteiger partial charge in [-0.25, -0.2) is 0 Å². The Morgan fingerprint density at radius 2 is 1.71 bits per heavy atom. The van der Waals surface area contributed by atoms with E-state index in [1.54, 1.807) is 0 Å². The van der Waals surface area contributed by atoms with E-state index >= 15 is 0 Å². The van der Waals surface area contributed by atoms with E-state index < -0.39 is 0 Å². The normalized spacial score (nSPS) is 24.8. The van der Waals surface area contributed by atoms with Gasteiger partial charge in [-0.05, 0) is 39.5 Å². The molecule has 5 nitrogen and oxygen atoms in total. The van der Waals surface area contributed by atoms with Gasteiger partial charge in [0, 0.05) is 24.0 Å². The molecule has 0 bridgehead atoms. The van der Waals surface area contributed by atoms with Crippen LogP contribution in [-0.2, 0) is 14.3 Å². The van der Waals surface area contributed by atoms with Crippen molar-refractivity contribution >= 4 is 11.9 Å². The van der Waals surface area contributed by atoms with Crippen LogP contribution in [0.2, 0.25) is 0 Å². The molecule has 138 valence electrons. The minimum absolute atomic E-state index is 0.0161. The van der Waals surface area contributed by atoms with E-state index in [2.05, 4.69) is 24.5 Å². The summed E-state index contributed by atoms with van der Waals surface area (Å²) in [6.45, 7) is 4.73. The third-order valence-electron chi connectivity index (χ3n) is 5.18. The summed E-state index contributed by atoms with van der Waals surface area (Å²) in [6, 6.07) is 0.534. The minimum Gasteiger partial charge on any atom is -0.464 e. The molecule has 0 unspecified atom stereocenters. The minimum atomic E-state index is -0.269. The first kappa shape index (κ1) is 19.2. The van der Waals surface area contributed by atoms with Gasteiger partial charge in [-0.2, -0.15) is 0 Å². The Bertz CT molecular complexity index is 415. The molecular formula is C19H34N2O3. The topological polar surface area (TPSA) is 67.4 Å². The predicted octanol–water partition coefficient (Wildman–Crippen LogP) is 3.07. The molecule has 1 saturated carbocycles. The highest BCUT2D eigenvalue weighted by molar-refractivity contribution is 5.81. The van der Waals surface area contributed by atoms with Gasteiger partial charge in [-0.15, -0.1) is 0 Å². The van der Waals surface area contributed by atoms with E-state index in [1.165, 1.54) is 32.1 Å². The number of rotatable bonds is 6. The lowest BCUT2D eigenvalue weighted by molar-refractivity contribution is -0.145. The molecule has 1 aliphatic heterocycles. The molecule has 0 radical (unpaired) electrons. The highest BCUT2D eigenvalue weighted by Gasteiger charge is 2.30. The molecule has 0 aromatic carbocycles. The third-order valence-corrected chi connectivity index (χ3v) is 5.18. The first-order valence-corrected chi connectivity index (χ1v) is 9.67. The molecule has 24 heavy (non-hydrogen) atoms. The first-order valence-electron chi connectivity index (χ1n) is 9.67. The smallest absolute Gasteiger partial charge is 0.306 e. The molecule has 1 heterocycles. The van der Waals surface area contributed by atoms with E-state index in [4.69, 9.17) is 4.74 Å². The maximum absolute atomic E-state index is 12.0. The fourth-order valence-corrected chi connectivity index (χ4v) is 3.74. The fraction of sp³-hybridized carbons (Fsp3) is 0.895. The van der Waals surface area contributed by atoms with Gasteiger partial charge in [0.2, 0.25) is 5.91 Å². The average Bonchev–Trinajstić information content (AvgIpc) is 2.85. The van der Waals surface area contributed by atoms with Crippen LogP contribution < -0.4 is 10.6 Å². The number of carbonyl (C=O) groups excluding carboxylic acids is 2. The van der Waals surface area contributed by atoms with Crippen molar-refractivity contribution in [3.8, 4) is 0 Å². The van der Waals surface area contributed by atoms with Crippen molar-refractivity contribution in [2.45, 2.75) is 102 Å². The predicted molar refractivity (Wildman–Crippen MR) is 94.7 cm³/mol. The molecule has 1 aliphatic carbocycles. The van der Waals surface area contributed by atoms with Gasteiger partial charge in [-0.1, -0.05) is 32.1 Å². The van der Waals surface area contributed by atoms with E-state index in [0.717, 1.165) is 25.7 Å². The molecule has 2 N–H and O–H groups in total. The van der Waals surface area contributed by atoms with Crippen LogP contribution in [0.25, 0.3) is 0 Å². The Kier molecular flexibility index (Phi) is 7.53. The molecule has 2 rings (SSSR count). The first-order chi connectivity index (χ1) is 11.4. The largest absolute Gasteiger partial charge is 0.464 e. The van der Waals surface area contributed by atoms with Gasteiger partial charge in [0.1, 0.15) is 6.61 Å².